The van der Waals surface area contributed by atoms with Crippen molar-refractivity contribution in [2.24, 2.45) is 4.99 Å². The molecule has 2 heterocycles. The number of anilines is 1. The van der Waals surface area contributed by atoms with Gasteiger partial charge in [0.25, 0.3) is 11.5 Å². The first-order valence-electron chi connectivity index (χ1n) is 15.8. The van der Waals surface area contributed by atoms with Gasteiger partial charge in [0, 0.05) is 27.4 Å². The molecule has 250 valence electrons. The van der Waals surface area contributed by atoms with Crippen molar-refractivity contribution in [3.05, 3.63) is 161 Å². The molecule has 7 rings (SSSR count). The molecule has 0 aliphatic carbocycles. The number of amides is 1. The highest BCUT2D eigenvalue weighted by Gasteiger charge is 2.34. The molecular weight excluding hydrogens is 714 g/mol. The van der Waals surface area contributed by atoms with Crippen LogP contribution in [0.2, 0.25) is 0 Å². The molecule has 0 bridgehead atoms. The predicted molar refractivity (Wildman–Crippen MR) is 201 cm³/mol. The van der Waals surface area contributed by atoms with Crippen LogP contribution in [0.25, 0.3) is 16.8 Å². The molecule has 0 spiro atoms. The second kappa shape index (κ2) is 14.2. The molecule has 1 amide bonds. The summed E-state index contributed by atoms with van der Waals surface area (Å²) in [6, 6.07) is 33.6. The van der Waals surface area contributed by atoms with Crippen molar-refractivity contribution in [2.45, 2.75) is 19.6 Å². The van der Waals surface area contributed by atoms with Gasteiger partial charge < -0.3 is 19.5 Å². The third-order valence-electron chi connectivity index (χ3n) is 8.55. The van der Waals surface area contributed by atoms with Crippen LogP contribution in [0.5, 0.6) is 17.2 Å². The minimum Gasteiger partial charge on any atom is -0.497 e. The Bertz CT molecular complexity index is 2450. The summed E-state index contributed by atoms with van der Waals surface area (Å²) in [5, 5.41) is 4.95. The van der Waals surface area contributed by atoms with E-state index in [1.165, 1.54) is 11.3 Å². The van der Waals surface area contributed by atoms with Crippen molar-refractivity contribution in [2.75, 3.05) is 19.5 Å². The average molecular weight is 747 g/mol. The number of benzene rings is 5. The number of rotatable bonds is 9. The van der Waals surface area contributed by atoms with Crippen molar-refractivity contribution >= 4 is 55.7 Å². The first-order valence-corrected chi connectivity index (χ1v) is 17.5. The van der Waals surface area contributed by atoms with Gasteiger partial charge in [-0.05, 0) is 71.8 Å². The predicted octanol–water partition coefficient (Wildman–Crippen LogP) is 7.39. The van der Waals surface area contributed by atoms with Crippen LogP contribution < -0.4 is 34.4 Å². The Morgan fingerprint density at radius 2 is 1.68 bits per heavy atom. The van der Waals surface area contributed by atoms with Gasteiger partial charge in [-0.25, -0.2) is 4.99 Å². The molecule has 50 heavy (non-hydrogen) atoms. The number of carbonyl (C=O) groups excluding carboxylic acids is 1. The molecule has 10 heteroatoms. The van der Waals surface area contributed by atoms with Crippen molar-refractivity contribution in [1.29, 1.82) is 0 Å². The lowest BCUT2D eigenvalue weighted by atomic mass is 9.94. The number of nitrogens with one attached hydrogen (secondary N) is 1. The highest BCUT2D eigenvalue weighted by Crippen LogP contribution is 2.38. The van der Waals surface area contributed by atoms with Crippen LogP contribution in [0.15, 0.2) is 135 Å². The normalized spacial score (nSPS) is 14.2. The summed E-state index contributed by atoms with van der Waals surface area (Å²) in [7, 11) is 3.13. The molecule has 8 nitrogen and oxygen atoms in total. The number of hydrogen-bond donors (Lipinski definition) is 1. The molecule has 1 aromatic heterocycles. The number of para-hydroxylation sites is 1. The van der Waals surface area contributed by atoms with Crippen molar-refractivity contribution in [3.8, 4) is 17.2 Å². The Morgan fingerprint density at radius 3 is 2.44 bits per heavy atom. The maximum atomic E-state index is 14.6. The third kappa shape index (κ3) is 6.47. The number of aromatic nitrogens is 1. The lowest BCUT2D eigenvalue weighted by Gasteiger charge is -2.26. The highest BCUT2D eigenvalue weighted by atomic mass is 79.9. The van der Waals surface area contributed by atoms with E-state index in [0.29, 0.717) is 55.7 Å². The summed E-state index contributed by atoms with van der Waals surface area (Å²) in [6.07, 6.45) is 1.87. The van der Waals surface area contributed by atoms with Gasteiger partial charge >= 0.3 is 0 Å². The zero-order chi connectivity index (χ0) is 34.8. The summed E-state index contributed by atoms with van der Waals surface area (Å²) >= 11 is 4.76. The zero-order valence-electron chi connectivity index (χ0n) is 27.5. The van der Waals surface area contributed by atoms with Crippen LogP contribution in [0.3, 0.4) is 0 Å². The van der Waals surface area contributed by atoms with Gasteiger partial charge in [0.2, 0.25) is 0 Å². The van der Waals surface area contributed by atoms with E-state index in [1.807, 2.05) is 103 Å². The maximum absolute atomic E-state index is 14.6. The van der Waals surface area contributed by atoms with Crippen LogP contribution >= 0.6 is 27.3 Å². The van der Waals surface area contributed by atoms with Gasteiger partial charge in [0.1, 0.15) is 29.9 Å². The number of thiazole rings is 1. The van der Waals surface area contributed by atoms with Crippen LogP contribution in [0.1, 0.15) is 29.7 Å². The van der Waals surface area contributed by atoms with E-state index in [2.05, 4.69) is 21.2 Å². The topological polar surface area (TPSA) is 91.2 Å². The summed E-state index contributed by atoms with van der Waals surface area (Å²) in [6.45, 7) is 2.14. The van der Waals surface area contributed by atoms with Gasteiger partial charge in [-0.15, -0.1) is 0 Å². The number of hydrogen-bond acceptors (Lipinski definition) is 7. The number of methoxy groups -OCH3 is 2. The molecule has 6 aromatic rings. The fourth-order valence-corrected chi connectivity index (χ4v) is 7.39. The Kier molecular flexibility index (Phi) is 9.38. The van der Waals surface area contributed by atoms with Crippen LogP contribution in [-0.4, -0.2) is 24.7 Å². The molecule has 0 radical (unpaired) electrons. The number of ether oxygens (including phenoxy) is 3. The van der Waals surface area contributed by atoms with Crippen LogP contribution in [-0.2, 0) is 11.4 Å². The van der Waals surface area contributed by atoms with Gasteiger partial charge in [0.05, 0.1) is 30.0 Å². The van der Waals surface area contributed by atoms with Crippen molar-refractivity contribution in [3.63, 3.8) is 0 Å². The number of allylic oxidation sites excluding steroid dienone is 1. The van der Waals surface area contributed by atoms with Gasteiger partial charge in [-0.3, -0.25) is 14.2 Å². The Balaban J connectivity index is 1.40. The summed E-state index contributed by atoms with van der Waals surface area (Å²) in [4.78, 5) is 34.0. The molecule has 1 aliphatic rings. The smallest absolute Gasteiger partial charge is 0.271 e. The maximum Gasteiger partial charge on any atom is 0.271 e. The van der Waals surface area contributed by atoms with E-state index in [-0.39, 0.29) is 11.5 Å². The highest BCUT2D eigenvalue weighted by molar-refractivity contribution is 9.10. The summed E-state index contributed by atoms with van der Waals surface area (Å²) in [5.74, 6) is 1.33. The quantitative estimate of drug-likeness (QED) is 0.167. The minimum atomic E-state index is -0.835. The van der Waals surface area contributed by atoms with E-state index in [0.717, 1.165) is 26.4 Å². The first kappa shape index (κ1) is 33.1. The molecular formula is C40H32BrN3O5S. The second-order valence-corrected chi connectivity index (χ2v) is 13.5. The van der Waals surface area contributed by atoms with E-state index in [1.54, 1.807) is 37.8 Å². The summed E-state index contributed by atoms with van der Waals surface area (Å²) in [5.41, 5.74) is 3.58. The van der Waals surface area contributed by atoms with Crippen molar-refractivity contribution in [1.82, 2.24) is 4.57 Å². The molecule has 1 atom stereocenters. The van der Waals surface area contributed by atoms with E-state index >= 15 is 0 Å². The Hall–Kier alpha value is -5.45. The fourth-order valence-electron chi connectivity index (χ4n) is 6.09. The molecule has 0 saturated carbocycles. The lowest BCUT2D eigenvalue weighted by Crippen LogP contribution is -2.40. The van der Waals surface area contributed by atoms with Crippen LogP contribution in [0.4, 0.5) is 5.69 Å². The molecule has 5 aromatic carbocycles. The lowest BCUT2D eigenvalue weighted by molar-refractivity contribution is -0.113. The SMILES string of the molecule is COc1ccc([C@@H]2C(C(=O)Nc3ccccc3)=C(C)N=c3s/c(=C\c4c(OCc5ccc(Br)cc5)ccc5ccccc45)c(=O)n32)c(OC)c1. The third-order valence-corrected chi connectivity index (χ3v) is 10.1. The number of carbonyl (C=O) groups is 1. The molecule has 0 saturated heterocycles. The van der Waals surface area contributed by atoms with E-state index in [4.69, 9.17) is 19.2 Å². The standard InChI is InChI=1S/C40H32BrN3O5S/c1-24-36(38(45)43-28-10-5-4-6-11-28)37(31-19-18-29(47-2)21-34(31)48-3)44-39(46)35(50-40(44)42-24)22-32-30-12-8-7-9-26(30)15-20-33(32)49-23-25-13-16-27(41)17-14-25/h4-22,37H,23H2,1-3H3,(H,43,45)/b35-22-/t37-/m1/s1. The molecule has 1 N–H and O–H groups in total. The Morgan fingerprint density at radius 1 is 0.920 bits per heavy atom. The van der Waals surface area contributed by atoms with Gasteiger partial charge in [0.15, 0.2) is 4.80 Å². The van der Waals surface area contributed by atoms with E-state index < -0.39 is 6.04 Å². The Labute approximate surface area is 300 Å². The first-order chi connectivity index (χ1) is 24.3. The second-order valence-electron chi connectivity index (χ2n) is 11.6. The monoisotopic (exact) mass is 745 g/mol. The van der Waals surface area contributed by atoms with Crippen LogP contribution in [0, 0.1) is 0 Å². The number of nitrogens with zero attached hydrogens (tertiary/aromatic N) is 2. The van der Waals surface area contributed by atoms with Gasteiger partial charge in [-0.1, -0.05) is 87.9 Å². The molecule has 1 aliphatic heterocycles. The average Bonchev–Trinajstić information content (AvgIpc) is 3.44. The minimum absolute atomic E-state index is 0.291. The molecule has 0 unspecified atom stereocenters. The number of halogens is 1. The van der Waals surface area contributed by atoms with Crippen molar-refractivity contribution < 1.29 is 19.0 Å². The zero-order valence-corrected chi connectivity index (χ0v) is 29.9. The summed E-state index contributed by atoms with van der Waals surface area (Å²) < 4.78 is 20.7. The largest absolute Gasteiger partial charge is 0.497 e. The van der Waals surface area contributed by atoms with Gasteiger partial charge in [-0.2, -0.15) is 0 Å². The molecule has 0 fully saturated rings. The fraction of sp³-hybridized carbons (Fsp3) is 0.125. The van der Waals surface area contributed by atoms with E-state index in [9.17, 15) is 9.59 Å². The number of fused-ring (bicyclic) bond motifs is 2.